The Labute approximate surface area is 138 Å². The molecule has 8 nitrogen and oxygen atoms in total. The molecule has 0 aliphatic heterocycles. The molecule has 1 aliphatic rings. The summed E-state index contributed by atoms with van der Waals surface area (Å²) in [7, 11) is 0. The standard InChI is InChI=1S/C16H19N5O3/c1-16(10-17,12-2-3-12)19-15(22)11-8-18-20(9-11)13-4-6-14(7-5-13)21(23)24/h4-9,12H,2-3,10,17H2,1H3,(H,19,22). The van der Waals surface area contributed by atoms with Crippen LogP contribution in [-0.4, -0.2) is 32.7 Å². The molecule has 1 fully saturated rings. The summed E-state index contributed by atoms with van der Waals surface area (Å²) >= 11 is 0. The van der Waals surface area contributed by atoms with Gasteiger partial charge in [-0.15, -0.1) is 0 Å². The van der Waals surface area contributed by atoms with Gasteiger partial charge in [-0.1, -0.05) is 0 Å². The van der Waals surface area contributed by atoms with Gasteiger partial charge in [-0.05, 0) is 37.8 Å². The molecule has 2 aromatic rings. The van der Waals surface area contributed by atoms with E-state index in [-0.39, 0.29) is 11.6 Å². The summed E-state index contributed by atoms with van der Waals surface area (Å²) < 4.78 is 1.51. The third-order valence-corrected chi connectivity index (χ3v) is 4.47. The third kappa shape index (κ3) is 3.13. The smallest absolute Gasteiger partial charge is 0.269 e. The molecule has 1 aliphatic carbocycles. The van der Waals surface area contributed by atoms with Crippen molar-refractivity contribution in [2.75, 3.05) is 6.54 Å². The van der Waals surface area contributed by atoms with Gasteiger partial charge < -0.3 is 11.1 Å². The van der Waals surface area contributed by atoms with E-state index < -0.39 is 10.5 Å². The molecule has 8 heteroatoms. The van der Waals surface area contributed by atoms with E-state index in [4.69, 9.17) is 5.73 Å². The summed E-state index contributed by atoms with van der Waals surface area (Å²) in [4.78, 5) is 22.7. The number of hydrogen-bond donors (Lipinski definition) is 2. The van der Waals surface area contributed by atoms with E-state index >= 15 is 0 Å². The van der Waals surface area contributed by atoms with Crippen molar-refractivity contribution in [2.45, 2.75) is 25.3 Å². The number of carbonyl (C=O) groups excluding carboxylic acids is 1. The molecule has 3 N–H and O–H groups in total. The fraction of sp³-hybridized carbons (Fsp3) is 0.375. The van der Waals surface area contributed by atoms with Crippen LogP contribution in [0.1, 0.15) is 30.1 Å². The van der Waals surface area contributed by atoms with Crippen molar-refractivity contribution in [3.8, 4) is 5.69 Å². The second-order valence-corrected chi connectivity index (χ2v) is 6.30. The van der Waals surface area contributed by atoms with E-state index in [1.54, 1.807) is 18.3 Å². The number of aromatic nitrogens is 2. The van der Waals surface area contributed by atoms with Crippen molar-refractivity contribution in [3.63, 3.8) is 0 Å². The Bertz CT molecular complexity index is 766. The molecule has 1 aromatic carbocycles. The minimum Gasteiger partial charge on any atom is -0.345 e. The number of hydrogen-bond acceptors (Lipinski definition) is 5. The van der Waals surface area contributed by atoms with Crippen LogP contribution in [0.25, 0.3) is 5.69 Å². The van der Waals surface area contributed by atoms with Gasteiger partial charge in [-0.3, -0.25) is 14.9 Å². The van der Waals surface area contributed by atoms with Crippen LogP contribution in [-0.2, 0) is 0 Å². The Balaban J connectivity index is 1.75. The van der Waals surface area contributed by atoms with E-state index in [1.807, 2.05) is 6.92 Å². The molecule has 126 valence electrons. The molecule has 1 unspecified atom stereocenters. The number of nitrogens with two attached hydrogens (primary N) is 1. The highest BCUT2D eigenvalue weighted by Crippen LogP contribution is 2.39. The zero-order chi connectivity index (χ0) is 17.3. The Kier molecular flexibility index (Phi) is 4.06. The Morgan fingerprint density at radius 3 is 2.67 bits per heavy atom. The molecule has 1 atom stereocenters. The van der Waals surface area contributed by atoms with Crippen LogP contribution in [0.3, 0.4) is 0 Å². The average Bonchev–Trinajstić information content (AvgIpc) is 3.32. The minimum absolute atomic E-state index is 0.00650. The first-order valence-electron chi connectivity index (χ1n) is 7.75. The summed E-state index contributed by atoms with van der Waals surface area (Å²) in [5.74, 6) is 0.208. The first-order valence-corrected chi connectivity index (χ1v) is 7.75. The number of nitro groups is 1. The van der Waals surface area contributed by atoms with Gasteiger partial charge in [0.05, 0.1) is 27.9 Å². The van der Waals surface area contributed by atoms with Crippen molar-refractivity contribution in [1.29, 1.82) is 0 Å². The van der Waals surface area contributed by atoms with Gasteiger partial charge in [0.1, 0.15) is 0 Å². The molecule has 24 heavy (non-hydrogen) atoms. The van der Waals surface area contributed by atoms with Crippen molar-refractivity contribution in [3.05, 3.63) is 52.3 Å². The van der Waals surface area contributed by atoms with E-state index in [9.17, 15) is 14.9 Å². The topological polar surface area (TPSA) is 116 Å². The molecule has 1 heterocycles. The fourth-order valence-corrected chi connectivity index (χ4v) is 2.68. The first kappa shape index (κ1) is 16.1. The lowest BCUT2D eigenvalue weighted by Gasteiger charge is -2.29. The number of rotatable bonds is 6. The predicted molar refractivity (Wildman–Crippen MR) is 87.9 cm³/mol. The maximum Gasteiger partial charge on any atom is 0.269 e. The molecular formula is C16H19N5O3. The van der Waals surface area contributed by atoms with Crippen LogP contribution in [0.5, 0.6) is 0 Å². The highest BCUT2D eigenvalue weighted by atomic mass is 16.6. The molecular weight excluding hydrogens is 310 g/mol. The van der Waals surface area contributed by atoms with E-state index in [0.717, 1.165) is 12.8 Å². The van der Waals surface area contributed by atoms with E-state index in [0.29, 0.717) is 23.7 Å². The third-order valence-electron chi connectivity index (χ3n) is 4.47. The number of non-ortho nitro benzene ring substituents is 1. The zero-order valence-corrected chi connectivity index (χ0v) is 13.3. The SMILES string of the molecule is CC(CN)(NC(=O)c1cnn(-c2ccc([N+](=O)[O-])cc2)c1)C1CC1. The lowest BCUT2D eigenvalue weighted by Crippen LogP contribution is -2.53. The van der Waals surface area contributed by atoms with Crippen LogP contribution in [0, 0.1) is 16.0 Å². The predicted octanol–water partition coefficient (Wildman–Crippen LogP) is 1.64. The second-order valence-electron chi connectivity index (χ2n) is 6.30. The van der Waals surface area contributed by atoms with Crippen LogP contribution in [0.15, 0.2) is 36.7 Å². The number of nitrogens with zero attached hydrogens (tertiary/aromatic N) is 3. The highest BCUT2D eigenvalue weighted by Gasteiger charge is 2.41. The van der Waals surface area contributed by atoms with Gasteiger partial charge in [0.15, 0.2) is 0 Å². The molecule has 3 rings (SSSR count). The van der Waals surface area contributed by atoms with Gasteiger partial charge in [-0.25, -0.2) is 4.68 Å². The molecule has 0 radical (unpaired) electrons. The molecule has 0 bridgehead atoms. The molecule has 1 saturated carbocycles. The largest absolute Gasteiger partial charge is 0.345 e. The van der Waals surface area contributed by atoms with E-state index in [1.165, 1.54) is 23.0 Å². The van der Waals surface area contributed by atoms with E-state index in [2.05, 4.69) is 10.4 Å². The van der Waals surface area contributed by atoms with Crippen molar-refractivity contribution in [2.24, 2.45) is 11.7 Å². The number of benzene rings is 1. The van der Waals surface area contributed by atoms with Crippen LogP contribution in [0.4, 0.5) is 5.69 Å². The van der Waals surface area contributed by atoms with Crippen molar-refractivity contribution < 1.29 is 9.72 Å². The van der Waals surface area contributed by atoms with Crippen LogP contribution >= 0.6 is 0 Å². The van der Waals surface area contributed by atoms with Gasteiger partial charge in [0.25, 0.3) is 11.6 Å². The van der Waals surface area contributed by atoms with Gasteiger partial charge >= 0.3 is 0 Å². The number of nitro benzene ring substituents is 1. The maximum absolute atomic E-state index is 12.4. The maximum atomic E-state index is 12.4. The van der Waals surface area contributed by atoms with Crippen LogP contribution in [0.2, 0.25) is 0 Å². The molecule has 0 spiro atoms. The lowest BCUT2D eigenvalue weighted by atomic mass is 9.95. The van der Waals surface area contributed by atoms with Gasteiger partial charge in [0, 0.05) is 24.9 Å². The summed E-state index contributed by atoms with van der Waals surface area (Å²) in [6.07, 6.45) is 5.23. The normalized spacial score (nSPS) is 16.4. The summed E-state index contributed by atoms with van der Waals surface area (Å²) in [5.41, 5.74) is 6.50. The van der Waals surface area contributed by atoms with Crippen molar-refractivity contribution >= 4 is 11.6 Å². The summed E-state index contributed by atoms with van der Waals surface area (Å²) in [5, 5.41) is 17.8. The monoisotopic (exact) mass is 329 g/mol. The molecule has 1 aromatic heterocycles. The second kappa shape index (κ2) is 6.04. The average molecular weight is 329 g/mol. The quantitative estimate of drug-likeness (QED) is 0.617. The Morgan fingerprint density at radius 2 is 2.12 bits per heavy atom. The van der Waals surface area contributed by atoms with Crippen molar-refractivity contribution in [1.82, 2.24) is 15.1 Å². The first-order chi connectivity index (χ1) is 11.4. The van der Waals surface area contributed by atoms with Gasteiger partial charge in [-0.2, -0.15) is 5.10 Å². The highest BCUT2D eigenvalue weighted by molar-refractivity contribution is 5.94. The van der Waals surface area contributed by atoms with Gasteiger partial charge in [0.2, 0.25) is 0 Å². The molecule has 0 saturated heterocycles. The number of amides is 1. The summed E-state index contributed by atoms with van der Waals surface area (Å²) in [6.45, 7) is 2.35. The number of carbonyl (C=O) groups is 1. The lowest BCUT2D eigenvalue weighted by molar-refractivity contribution is -0.384. The Hall–Kier alpha value is -2.74. The Morgan fingerprint density at radius 1 is 1.46 bits per heavy atom. The summed E-state index contributed by atoms with van der Waals surface area (Å²) in [6, 6.07) is 5.96. The fourth-order valence-electron chi connectivity index (χ4n) is 2.68. The molecule has 1 amide bonds. The van der Waals surface area contributed by atoms with Crippen LogP contribution < -0.4 is 11.1 Å². The minimum atomic E-state index is -0.461. The number of nitrogens with one attached hydrogen (secondary N) is 1. The zero-order valence-electron chi connectivity index (χ0n) is 13.3.